The van der Waals surface area contributed by atoms with Crippen molar-refractivity contribution in [3.05, 3.63) is 22.2 Å². The fourth-order valence-electron chi connectivity index (χ4n) is 1.60. The number of aliphatic hydroxyl groups is 1. The highest BCUT2D eigenvalue weighted by Gasteiger charge is 2.23. The molecule has 0 unspecified atom stereocenters. The number of nitrogens with zero attached hydrogens (tertiary/aromatic N) is 1. The molecule has 1 aromatic carbocycles. The van der Waals surface area contributed by atoms with Gasteiger partial charge in [-0.25, -0.2) is 0 Å². The number of nitro groups is 1. The van der Waals surface area contributed by atoms with Gasteiger partial charge < -0.3 is 15.2 Å². The van der Waals surface area contributed by atoms with E-state index in [1.165, 1.54) is 23.9 Å². The van der Waals surface area contributed by atoms with Crippen LogP contribution in [0.15, 0.2) is 17.0 Å². The SMILES string of the molecule is O=C1COc2cc([N+](=O)[O-])c(SCCCO)cc2N1. The molecule has 1 aromatic rings. The van der Waals surface area contributed by atoms with Crippen molar-refractivity contribution in [2.75, 3.05) is 24.3 Å². The van der Waals surface area contributed by atoms with Gasteiger partial charge in [0.1, 0.15) is 0 Å². The van der Waals surface area contributed by atoms with Crippen LogP contribution in [-0.2, 0) is 4.79 Å². The lowest BCUT2D eigenvalue weighted by Gasteiger charge is -2.18. The number of nitrogens with one attached hydrogen (secondary N) is 1. The summed E-state index contributed by atoms with van der Waals surface area (Å²) in [7, 11) is 0. The number of carbonyl (C=O) groups is 1. The van der Waals surface area contributed by atoms with Crippen molar-refractivity contribution in [1.82, 2.24) is 0 Å². The zero-order valence-electron chi connectivity index (χ0n) is 9.92. The molecular formula is C11H12N2O5S. The molecule has 0 saturated heterocycles. The summed E-state index contributed by atoms with van der Waals surface area (Å²) in [5.41, 5.74) is 0.381. The van der Waals surface area contributed by atoms with Gasteiger partial charge in [0.25, 0.3) is 11.6 Å². The summed E-state index contributed by atoms with van der Waals surface area (Å²) >= 11 is 1.27. The summed E-state index contributed by atoms with van der Waals surface area (Å²) in [6.07, 6.45) is 0.543. The molecule has 7 nitrogen and oxygen atoms in total. The molecule has 0 atom stereocenters. The van der Waals surface area contributed by atoms with Crippen LogP contribution >= 0.6 is 11.8 Å². The third-order valence-corrected chi connectivity index (χ3v) is 3.58. The Balaban J connectivity index is 2.31. The number of hydrogen-bond donors (Lipinski definition) is 2. The van der Waals surface area contributed by atoms with Gasteiger partial charge in [0.2, 0.25) is 0 Å². The smallest absolute Gasteiger partial charge is 0.286 e. The van der Waals surface area contributed by atoms with Crippen LogP contribution in [0.25, 0.3) is 0 Å². The minimum absolute atomic E-state index is 0.0333. The third kappa shape index (κ3) is 3.15. The summed E-state index contributed by atoms with van der Waals surface area (Å²) < 4.78 is 5.14. The molecule has 8 heteroatoms. The Morgan fingerprint density at radius 1 is 1.53 bits per heavy atom. The van der Waals surface area contributed by atoms with Crippen molar-refractivity contribution in [2.24, 2.45) is 0 Å². The third-order valence-electron chi connectivity index (χ3n) is 2.45. The highest BCUT2D eigenvalue weighted by Crippen LogP contribution is 2.39. The van der Waals surface area contributed by atoms with Gasteiger partial charge in [-0.3, -0.25) is 14.9 Å². The Labute approximate surface area is 113 Å². The number of thioether (sulfide) groups is 1. The first-order valence-corrected chi connectivity index (χ1v) is 6.59. The van der Waals surface area contributed by atoms with Gasteiger partial charge in [-0.2, -0.15) is 0 Å². The molecule has 0 bridgehead atoms. The summed E-state index contributed by atoms with van der Waals surface area (Å²) in [6.45, 7) is -0.104. The second-order valence-corrected chi connectivity index (χ2v) is 4.97. The van der Waals surface area contributed by atoms with Crippen LogP contribution in [0.5, 0.6) is 5.75 Å². The first kappa shape index (κ1) is 13.6. The van der Waals surface area contributed by atoms with Gasteiger partial charge in [-0.05, 0) is 12.5 Å². The number of amides is 1. The van der Waals surface area contributed by atoms with Crippen molar-refractivity contribution in [3.63, 3.8) is 0 Å². The molecule has 1 aliphatic heterocycles. The van der Waals surface area contributed by atoms with Crippen LogP contribution in [-0.4, -0.2) is 34.9 Å². The van der Waals surface area contributed by atoms with E-state index in [2.05, 4.69) is 5.32 Å². The predicted octanol–water partition coefficient (Wildman–Crippen LogP) is 1.40. The molecule has 0 aromatic heterocycles. The zero-order chi connectivity index (χ0) is 13.8. The van der Waals surface area contributed by atoms with E-state index in [9.17, 15) is 14.9 Å². The number of benzene rings is 1. The topological polar surface area (TPSA) is 102 Å². The van der Waals surface area contributed by atoms with Crippen LogP contribution in [0.4, 0.5) is 11.4 Å². The molecule has 2 N–H and O–H groups in total. The van der Waals surface area contributed by atoms with Crippen molar-refractivity contribution >= 4 is 29.0 Å². The molecule has 102 valence electrons. The quantitative estimate of drug-likeness (QED) is 0.367. The first-order valence-electron chi connectivity index (χ1n) is 5.60. The largest absolute Gasteiger partial charge is 0.481 e. The van der Waals surface area contributed by atoms with E-state index in [-0.39, 0.29) is 24.8 Å². The second kappa shape index (κ2) is 5.89. The highest BCUT2D eigenvalue weighted by atomic mass is 32.2. The summed E-state index contributed by atoms with van der Waals surface area (Å²) in [6, 6.07) is 2.85. The first-order chi connectivity index (χ1) is 9.11. The van der Waals surface area contributed by atoms with Crippen molar-refractivity contribution < 1.29 is 19.6 Å². The standard InChI is InChI=1S/C11H12N2O5S/c14-2-1-3-19-10-4-7-9(5-8(10)13(16)17)18-6-11(15)12-7/h4-5,14H,1-3,6H2,(H,12,15). The monoisotopic (exact) mass is 284 g/mol. The molecule has 1 amide bonds. The lowest BCUT2D eigenvalue weighted by atomic mass is 10.2. The molecule has 0 saturated carbocycles. The van der Waals surface area contributed by atoms with Crippen molar-refractivity contribution in [1.29, 1.82) is 0 Å². The van der Waals surface area contributed by atoms with E-state index in [1.807, 2.05) is 0 Å². The van der Waals surface area contributed by atoms with Gasteiger partial charge in [0.15, 0.2) is 12.4 Å². The van der Waals surface area contributed by atoms with Gasteiger partial charge in [0.05, 0.1) is 21.6 Å². The van der Waals surface area contributed by atoms with Crippen LogP contribution in [0.2, 0.25) is 0 Å². The van der Waals surface area contributed by atoms with E-state index >= 15 is 0 Å². The van der Waals surface area contributed by atoms with Gasteiger partial charge in [-0.1, -0.05) is 0 Å². The highest BCUT2D eigenvalue weighted by molar-refractivity contribution is 7.99. The Hall–Kier alpha value is -1.80. The Kier molecular flexibility index (Phi) is 4.23. The van der Waals surface area contributed by atoms with E-state index in [1.54, 1.807) is 0 Å². The number of hydrogen-bond acceptors (Lipinski definition) is 6. The molecule has 2 rings (SSSR count). The van der Waals surface area contributed by atoms with Crippen LogP contribution in [0, 0.1) is 10.1 Å². The number of rotatable bonds is 5. The lowest BCUT2D eigenvalue weighted by molar-refractivity contribution is -0.387. The number of fused-ring (bicyclic) bond motifs is 1. The average Bonchev–Trinajstić information content (AvgIpc) is 2.37. The van der Waals surface area contributed by atoms with E-state index < -0.39 is 4.92 Å². The number of aliphatic hydroxyl groups excluding tert-OH is 1. The summed E-state index contributed by atoms with van der Waals surface area (Å²) in [5, 5.41) is 22.3. The van der Waals surface area contributed by atoms with Crippen LogP contribution in [0.3, 0.4) is 0 Å². The number of anilines is 1. The maximum Gasteiger partial charge on any atom is 0.286 e. The maximum absolute atomic E-state index is 11.2. The van der Waals surface area contributed by atoms with Gasteiger partial charge in [0, 0.05) is 12.4 Å². The molecule has 0 radical (unpaired) electrons. The normalized spacial score (nSPS) is 13.4. The Morgan fingerprint density at radius 3 is 3.00 bits per heavy atom. The number of nitro benzene ring substituents is 1. The summed E-state index contributed by atoms with van der Waals surface area (Å²) in [5.74, 6) is 0.579. The molecule has 0 aliphatic carbocycles. The maximum atomic E-state index is 11.2. The fraction of sp³-hybridized carbons (Fsp3) is 0.364. The van der Waals surface area contributed by atoms with E-state index in [0.29, 0.717) is 28.5 Å². The lowest BCUT2D eigenvalue weighted by Crippen LogP contribution is -2.25. The van der Waals surface area contributed by atoms with E-state index in [0.717, 1.165) is 0 Å². The molecule has 0 fully saturated rings. The minimum Gasteiger partial charge on any atom is -0.481 e. The summed E-state index contributed by atoms with van der Waals surface area (Å²) in [4.78, 5) is 22.2. The minimum atomic E-state index is -0.485. The van der Waals surface area contributed by atoms with Gasteiger partial charge in [-0.15, -0.1) is 11.8 Å². The molecule has 0 spiro atoms. The Morgan fingerprint density at radius 2 is 2.32 bits per heavy atom. The zero-order valence-corrected chi connectivity index (χ0v) is 10.7. The van der Waals surface area contributed by atoms with Crippen LogP contribution < -0.4 is 10.1 Å². The second-order valence-electron chi connectivity index (χ2n) is 3.84. The molecular weight excluding hydrogens is 272 g/mol. The van der Waals surface area contributed by atoms with E-state index in [4.69, 9.17) is 9.84 Å². The molecule has 19 heavy (non-hydrogen) atoms. The van der Waals surface area contributed by atoms with Gasteiger partial charge >= 0.3 is 0 Å². The van der Waals surface area contributed by atoms with Crippen LogP contribution in [0.1, 0.15) is 6.42 Å². The Bertz CT molecular complexity index is 520. The average molecular weight is 284 g/mol. The molecule has 1 aliphatic rings. The number of carbonyl (C=O) groups excluding carboxylic acids is 1. The molecule has 1 heterocycles. The fourth-order valence-corrected chi connectivity index (χ4v) is 2.58. The predicted molar refractivity (Wildman–Crippen MR) is 69.6 cm³/mol. The van der Waals surface area contributed by atoms with Crippen molar-refractivity contribution in [3.8, 4) is 5.75 Å². The number of ether oxygens (including phenoxy) is 1. The van der Waals surface area contributed by atoms with Crippen molar-refractivity contribution in [2.45, 2.75) is 11.3 Å².